The maximum atomic E-state index is 10.6. The van der Waals surface area contributed by atoms with Crippen molar-refractivity contribution >= 4 is 0 Å². The molecule has 0 bridgehead atoms. The molecule has 0 saturated carbocycles. The molecule has 8 nitrogen and oxygen atoms in total. The average molecular weight is 374 g/mol. The molecule has 3 saturated heterocycles. The molecule has 1 N–H and O–H groups in total. The van der Waals surface area contributed by atoms with Crippen LogP contribution in [0, 0.1) is 0 Å². The quantitative estimate of drug-likeness (QED) is 0.339. The number of fused-ring (bicyclic) bond motifs is 3. The van der Waals surface area contributed by atoms with Gasteiger partial charge in [0, 0.05) is 0 Å². The summed E-state index contributed by atoms with van der Waals surface area (Å²) in [4.78, 5) is 10.6. The van der Waals surface area contributed by atoms with Gasteiger partial charge in [-0.3, -0.25) is 0 Å². The van der Waals surface area contributed by atoms with Crippen LogP contribution >= 0.6 is 0 Å². The summed E-state index contributed by atoms with van der Waals surface area (Å²) in [7, 11) is 0. The van der Waals surface area contributed by atoms with Crippen LogP contribution < -0.4 is 0 Å². The largest absolute Gasteiger partial charge is 0.364 e. The van der Waals surface area contributed by atoms with Gasteiger partial charge in [-0.1, -0.05) is 6.58 Å². The highest BCUT2D eigenvalue weighted by molar-refractivity contribution is 5.05. The van der Waals surface area contributed by atoms with Gasteiger partial charge in [0.2, 0.25) is 6.29 Å². The molecule has 0 spiro atoms. The van der Waals surface area contributed by atoms with Crippen molar-refractivity contribution < 1.29 is 38.6 Å². The summed E-state index contributed by atoms with van der Waals surface area (Å²) < 4.78 is 29.6. The van der Waals surface area contributed by atoms with Crippen molar-refractivity contribution in [2.45, 2.75) is 103 Å². The lowest BCUT2D eigenvalue weighted by atomic mass is 9.98. The van der Waals surface area contributed by atoms with Gasteiger partial charge >= 0.3 is 0 Å². The Hall–Kier alpha value is -0.580. The molecular weight excluding hydrogens is 344 g/mol. The lowest BCUT2D eigenvalue weighted by molar-refractivity contribution is -0.433. The highest BCUT2D eigenvalue weighted by Crippen LogP contribution is 2.44. The smallest absolute Gasteiger partial charge is 0.218 e. The molecule has 0 aromatic heterocycles. The molecule has 3 rings (SSSR count). The maximum absolute atomic E-state index is 10.6. The second kappa shape index (κ2) is 6.49. The number of ether oxygens (including phenoxy) is 5. The fourth-order valence-corrected chi connectivity index (χ4v) is 3.17. The van der Waals surface area contributed by atoms with Crippen LogP contribution in [0.2, 0.25) is 0 Å². The van der Waals surface area contributed by atoms with Crippen molar-refractivity contribution in [3.05, 3.63) is 12.2 Å². The zero-order chi connectivity index (χ0) is 19.5. The van der Waals surface area contributed by atoms with Crippen LogP contribution in [0.3, 0.4) is 0 Å². The first kappa shape index (κ1) is 20.2. The Morgan fingerprint density at radius 1 is 1.00 bits per heavy atom. The van der Waals surface area contributed by atoms with Gasteiger partial charge < -0.3 is 28.8 Å². The van der Waals surface area contributed by atoms with Gasteiger partial charge in [0.05, 0.1) is 0 Å². The van der Waals surface area contributed by atoms with Crippen LogP contribution in [0.25, 0.3) is 0 Å². The summed E-state index contributed by atoms with van der Waals surface area (Å²) in [5, 5.41) is 10.6. The molecule has 3 aliphatic heterocycles. The van der Waals surface area contributed by atoms with Crippen LogP contribution in [-0.2, 0) is 33.5 Å². The van der Waals surface area contributed by atoms with E-state index in [-0.39, 0.29) is 0 Å². The lowest BCUT2D eigenvalue weighted by Gasteiger charge is -2.39. The van der Waals surface area contributed by atoms with E-state index in [1.165, 1.54) is 0 Å². The van der Waals surface area contributed by atoms with Gasteiger partial charge in [-0.05, 0) is 54.0 Å². The second-order valence-corrected chi connectivity index (χ2v) is 8.49. The molecule has 8 heteroatoms. The molecule has 0 aromatic rings. The first-order chi connectivity index (χ1) is 11.8. The molecule has 0 aromatic carbocycles. The number of hydrogen-bond acceptors (Lipinski definition) is 8. The molecule has 26 heavy (non-hydrogen) atoms. The number of hydrogen-bond donors (Lipinski definition) is 1. The zero-order valence-electron chi connectivity index (χ0n) is 16.5. The van der Waals surface area contributed by atoms with Crippen LogP contribution in [-0.4, -0.2) is 59.3 Å². The standard InChI is InChI=1S/C18H30O8/c1-9(2)16(3,4)26-25-14(19)12-10-11(22-17(5,6)21-10)13-15(20-12)24-18(7,8)23-13/h10-15,19H,1H2,2-8H3. The number of aliphatic hydroxyl groups is 1. The summed E-state index contributed by atoms with van der Waals surface area (Å²) in [6, 6.07) is 0. The molecule has 150 valence electrons. The Balaban J connectivity index is 1.75. The summed E-state index contributed by atoms with van der Waals surface area (Å²) in [5.74, 6) is -1.67. The highest BCUT2D eigenvalue weighted by Gasteiger charge is 2.62. The van der Waals surface area contributed by atoms with Crippen molar-refractivity contribution in [2.75, 3.05) is 0 Å². The van der Waals surface area contributed by atoms with E-state index in [2.05, 4.69) is 6.58 Å². The molecule has 0 radical (unpaired) electrons. The van der Waals surface area contributed by atoms with Crippen molar-refractivity contribution in [3.63, 3.8) is 0 Å². The minimum absolute atomic E-state index is 0.465. The SMILES string of the molecule is C=C(C)C(C)(C)OOC(O)C1OC2OC(C)(C)OC2C2OC(C)(C)OC12. The Morgan fingerprint density at radius 2 is 1.54 bits per heavy atom. The van der Waals surface area contributed by atoms with Crippen molar-refractivity contribution in [3.8, 4) is 0 Å². The molecule has 0 aliphatic carbocycles. The fraction of sp³-hybridized carbons (Fsp3) is 0.889. The van der Waals surface area contributed by atoms with E-state index in [1.54, 1.807) is 41.5 Å². The van der Waals surface area contributed by atoms with Crippen LogP contribution in [0.4, 0.5) is 0 Å². The summed E-state index contributed by atoms with van der Waals surface area (Å²) in [6.45, 7) is 16.4. The lowest BCUT2D eigenvalue weighted by Crippen LogP contribution is -2.59. The van der Waals surface area contributed by atoms with E-state index in [9.17, 15) is 5.11 Å². The molecule has 3 heterocycles. The molecular formula is C18H30O8. The van der Waals surface area contributed by atoms with Gasteiger partial charge in [-0.25, -0.2) is 9.78 Å². The fourth-order valence-electron chi connectivity index (χ4n) is 3.17. The summed E-state index contributed by atoms with van der Waals surface area (Å²) in [6.07, 6.45) is -4.53. The minimum Gasteiger partial charge on any atom is -0.364 e. The number of aliphatic hydroxyl groups excluding tert-OH is 1. The predicted molar refractivity (Wildman–Crippen MR) is 89.6 cm³/mol. The van der Waals surface area contributed by atoms with E-state index >= 15 is 0 Å². The topological polar surface area (TPSA) is 84.8 Å². The van der Waals surface area contributed by atoms with E-state index in [1.807, 2.05) is 6.92 Å². The van der Waals surface area contributed by atoms with Crippen LogP contribution in [0.15, 0.2) is 12.2 Å². The molecule has 0 amide bonds. The second-order valence-electron chi connectivity index (χ2n) is 8.49. The van der Waals surface area contributed by atoms with Gasteiger partial charge in [0.25, 0.3) is 0 Å². The van der Waals surface area contributed by atoms with E-state index < -0.39 is 54.2 Å². The van der Waals surface area contributed by atoms with Gasteiger partial charge in [0.15, 0.2) is 17.9 Å². The maximum Gasteiger partial charge on any atom is 0.218 e. The monoisotopic (exact) mass is 374 g/mol. The third-order valence-corrected chi connectivity index (χ3v) is 4.85. The normalized spacial score (nSPS) is 39.3. The van der Waals surface area contributed by atoms with Gasteiger partial charge in [-0.2, -0.15) is 0 Å². The summed E-state index contributed by atoms with van der Waals surface area (Å²) in [5.41, 5.74) is -0.0122. The zero-order valence-corrected chi connectivity index (χ0v) is 16.5. The van der Waals surface area contributed by atoms with Gasteiger partial charge in [0.1, 0.15) is 30.0 Å². The first-order valence-electron chi connectivity index (χ1n) is 8.87. The average Bonchev–Trinajstić information content (AvgIpc) is 2.97. The molecule has 6 atom stereocenters. The Labute approximate surface area is 154 Å². The Bertz CT molecular complexity index is 557. The highest BCUT2D eigenvalue weighted by atomic mass is 17.2. The van der Waals surface area contributed by atoms with Gasteiger partial charge in [-0.15, -0.1) is 0 Å². The molecule has 6 unspecified atom stereocenters. The van der Waals surface area contributed by atoms with E-state index in [0.29, 0.717) is 0 Å². The van der Waals surface area contributed by atoms with E-state index in [4.69, 9.17) is 33.5 Å². The van der Waals surface area contributed by atoms with Crippen molar-refractivity contribution in [1.29, 1.82) is 0 Å². The summed E-state index contributed by atoms with van der Waals surface area (Å²) >= 11 is 0. The van der Waals surface area contributed by atoms with E-state index in [0.717, 1.165) is 5.57 Å². The minimum atomic E-state index is -1.41. The number of rotatable bonds is 5. The first-order valence-corrected chi connectivity index (χ1v) is 8.87. The van der Waals surface area contributed by atoms with Crippen molar-refractivity contribution in [2.24, 2.45) is 0 Å². The molecule has 3 aliphatic rings. The Morgan fingerprint density at radius 3 is 2.15 bits per heavy atom. The third-order valence-electron chi connectivity index (χ3n) is 4.85. The Kier molecular flexibility index (Phi) is 5.03. The molecule has 3 fully saturated rings. The van der Waals surface area contributed by atoms with Crippen molar-refractivity contribution in [1.82, 2.24) is 0 Å². The van der Waals surface area contributed by atoms with Crippen LogP contribution in [0.5, 0.6) is 0 Å². The van der Waals surface area contributed by atoms with Crippen LogP contribution in [0.1, 0.15) is 48.5 Å². The predicted octanol–water partition coefficient (Wildman–Crippen LogP) is 2.00. The third kappa shape index (κ3) is 3.83.